The number of aromatic nitrogens is 6. The number of hydrogen-bond acceptors (Lipinski definition) is 5. The molecular formula is C44H26N6S. The van der Waals surface area contributed by atoms with Gasteiger partial charge in [0.1, 0.15) is 0 Å². The zero-order chi connectivity index (χ0) is 33.5. The Kier molecular flexibility index (Phi) is 6.02. The molecule has 0 radical (unpaired) electrons. The molecule has 5 heterocycles. The van der Waals surface area contributed by atoms with E-state index in [1.54, 1.807) is 11.3 Å². The molecule has 0 spiro atoms. The number of para-hydroxylation sites is 4. The van der Waals surface area contributed by atoms with Gasteiger partial charge < -0.3 is 4.57 Å². The SMILES string of the molecule is c1ccc(-n2c3ccccc3c3ccncc32)c(-c2nc(-c3cccc4c3sc3ccccc34)nc(-n3c4ccccc4c4ccccc43)n2)c1. The summed E-state index contributed by atoms with van der Waals surface area (Å²) in [6.07, 6.45) is 3.80. The first-order valence-corrected chi connectivity index (χ1v) is 17.7. The maximum Gasteiger partial charge on any atom is 0.238 e. The molecule has 0 atom stereocenters. The van der Waals surface area contributed by atoms with Crippen molar-refractivity contribution in [3.63, 3.8) is 0 Å². The van der Waals surface area contributed by atoms with E-state index in [0.717, 1.165) is 59.7 Å². The van der Waals surface area contributed by atoms with Crippen molar-refractivity contribution in [2.45, 2.75) is 0 Å². The van der Waals surface area contributed by atoms with Crippen LogP contribution in [-0.2, 0) is 0 Å². The first-order valence-electron chi connectivity index (χ1n) is 16.9. The maximum absolute atomic E-state index is 5.34. The van der Waals surface area contributed by atoms with Crippen molar-refractivity contribution in [1.29, 1.82) is 0 Å². The fourth-order valence-electron chi connectivity index (χ4n) is 7.70. The van der Waals surface area contributed by atoms with Gasteiger partial charge in [0.05, 0.1) is 34.0 Å². The molecule has 5 aromatic heterocycles. The van der Waals surface area contributed by atoms with E-state index in [2.05, 4.69) is 160 Å². The Morgan fingerprint density at radius 2 is 0.961 bits per heavy atom. The van der Waals surface area contributed by atoms with Crippen molar-refractivity contribution in [2.75, 3.05) is 0 Å². The summed E-state index contributed by atoms with van der Waals surface area (Å²) in [4.78, 5) is 20.5. The Bertz CT molecular complexity index is 3060. The van der Waals surface area contributed by atoms with E-state index in [1.165, 1.54) is 20.9 Å². The highest BCUT2D eigenvalue weighted by atomic mass is 32.1. The topological polar surface area (TPSA) is 61.4 Å². The van der Waals surface area contributed by atoms with E-state index >= 15 is 0 Å². The Labute approximate surface area is 295 Å². The van der Waals surface area contributed by atoms with Gasteiger partial charge in [-0.1, -0.05) is 97.1 Å². The molecule has 0 N–H and O–H groups in total. The van der Waals surface area contributed by atoms with E-state index in [4.69, 9.17) is 15.0 Å². The van der Waals surface area contributed by atoms with Crippen LogP contribution in [0.2, 0.25) is 0 Å². The molecule has 0 aliphatic heterocycles. The summed E-state index contributed by atoms with van der Waals surface area (Å²) >= 11 is 1.78. The van der Waals surface area contributed by atoms with Crippen LogP contribution in [0.25, 0.3) is 98.2 Å². The molecule has 6 aromatic carbocycles. The summed E-state index contributed by atoms with van der Waals surface area (Å²) < 4.78 is 6.86. The van der Waals surface area contributed by atoms with Crippen LogP contribution in [0.4, 0.5) is 0 Å². The smallest absolute Gasteiger partial charge is 0.238 e. The highest BCUT2D eigenvalue weighted by Gasteiger charge is 2.22. The van der Waals surface area contributed by atoms with Crippen molar-refractivity contribution in [2.24, 2.45) is 0 Å². The van der Waals surface area contributed by atoms with Crippen LogP contribution in [0.15, 0.2) is 158 Å². The minimum atomic E-state index is 0.573. The lowest BCUT2D eigenvalue weighted by molar-refractivity contribution is 0.952. The van der Waals surface area contributed by atoms with Gasteiger partial charge in [0, 0.05) is 59.0 Å². The monoisotopic (exact) mass is 670 g/mol. The van der Waals surface area contributed by atoms with Gasteiger partial charge >= 0.3 is 0 Å². The number of rotatable bonds is 4. The molecule has 0 amide bonds. The van der Waals surface area contributed by atoms with Crippen molar-refractivity contribution in [1.82, 2.24) is 29.1 Å². The van der Waals surface area contributed by atoms with Crippen LogP contribution in [0.3, 0.4) is 0 Å². The van der Waals surface area contributed by atoms with Crippen LogP contribution in [0.1, 0.15) is 0 Å². The minimum Gasteiger partial charge on any atom is -0.307 e. The average Bonchev–Trinajstić information content (AvgIpc) is 3.86. The summed E-state index contributed by atoms with van der Waals surface area (Å²) in [5.74, 6) is 1.80. The van der Waals surface area contributed by atoms with E-state index in [1.807, 2.05) is 12.4 Å². The fraction of sp³-hybridized carbons (Fsp3) is 0. The Morgan fingerprint density at radius 3 is 1.71 bits per heavy atom. The minimum absolute atomic E-state index is 0.573. The number of pyridine rings is 1. The second-order valence-electron chi connectivity index (χ2n) is 12.7. The zero-order valence-electron chi connectivity index (χ0n) is 27.1. The highest BCUT2D eigenvalue weighted by molar-refractivity contribution is 7.26. The van der Waals surface area contributed by atoms with E-state index in [0.29, 0.717) is 17.6 Å². The molecule has 11 rings (SSSR count). The second-order valence-corrected chi connectivity index (χ2v) is 13.7. The molecule has 0 saturated carbocycles. The fourth-order valence-corrected chi connectivity index (χ4v) is 8.91. The van der Waals surface area contributed by atoms with Crippen LogP contribution in [-0.4, -0.2) is 29.1 Å². The van der Waals surface area contributed by atoms with E-state index in [9.17, 15) is 0 Å². The molecule has 0 aliphatic rings. The molecule has 7 heteroatoms. The summed E-state index contributed by atoms with van der Waals surface area (Å²) in [5.41, 5.74) is 7.07. The first-order chi connectivity index (χ1) is 25.3. The number of benzene rings is 6. The van der Waals surface area contributed by atoms with Gasteiger partial charge in [0.25, 0.3) is 0 Å². The van der Waals surface area contributed by atoms with E-state index in [-0.39, 0.29) is 0 Å². The number of thiophene rings is 1. The quantitative estimate of drug-likeness (QED) is 0.187. The van der Waals surface area contributed by atoms with Gasteiger partial charge in [-0.25, -0.2) is 4.98 Å². The van der Waals surface area contributed by atoms with Gasteiger partial charge in [-0.05, 0) is 48.5 Å². The Balaban J connectivity index is 1.24. The van der Waals surface area contributed by atoms with Crippen LogP contribution in [0.5, 0.6) is 0 Å². The van der Waals surface area contributed by atoms with Crippen molar-refractivity contribution < 1.29 is 0 Å². The third-order valence-corrected chi connectivity index (χ3v) is 11.1. The van der Waals surface area contributed by atoms with Crippen LogP contribution < -0.4 is 0 Å². The van der Waals surface area contributed by atoms with Crippen molar-refractivity contribution in [3.05, 3.63) is 158 Å². The van der Waals surface area contributed by atoms with Gasteiger partial charge in [-0.3, -0.25) is 9.55 Å². The van der Waals surface area contributed by atoms with E-state index < -0.39 is 0 Å². The van der Waals surface area contributed by atoms with Crippen molar-refractivity contribution >= 4 is 75.1 Å². The molecule has 0 saturated heterocycles. The number of nitrogens with zero attached hydrogens (tertiary/aromatic N) is 6. The molecule has 0 bridgehead atoms. The number of hydrogen-bond donors (Lipinski definition) is 0. The Hall–Kier alpha value is -6.70. The van der Waals surface area contributed by atoms with Gasteiger partial charge in [-0.15, -0.1) is 11.3 Å². The maximum atomic E-state index is 5.34. The number of fused-ring (bicyclic) bond motifs is 9. The van der Waals surface area contributed by atoms with Gasteiger partial charge in [-0.2, -0.15) is 9.97 Å². The molecular weight excluding hydrogens is 645 g/mol. The summed E-state index contributed by atoms with van der Waals surface area (Å²) in [6, 6.07) is 50.9. The highest BCUT2D eigenvalue weighted by Crippen LogP contribution is 2.41. The molecule has 51 heavy (non-hydrogen) atoms. The largest absolute Gasteiger partial charge is 0.307 e. The summed E-state index contributed by atoms with van der Waals surface area (Å²) in [7, 11) is 0. The molecule has 11 aromatic rings. The normalized spacial score (nSPS) is 11.9. The third-order valence-electron chi connectivity index (χ3n) is 9.91. The molecule has 6 nitrogen and oxygen atoms in total. The predicted octanol–water partition coefficient (Wildman–Crippen LogP) is 11.2. The standard InChI is InChI=1S/C44H26N6S/c1-6-19-35-29(14-1)30-24-25-45-26-39(30)49(35)38-22-9-4-16-33(38)42-46-43(34-18-11-17-32-31-15-5-10-23-40(31)51-41(32)34)48-44(47-42)50-36-20-7-2-12-27(36)28-13-3-8-21-37(28)50/h1-26H. The Morgan fingerprint density at radius 1 is 0.412 bits per heavy atom. The van der Waals surface area contributed by atoms with Crippen LogP contribution >= 0.6 is 11.3 Å². The molecule has 0 unspecified atom stereocenters. The molecule has 0 aliphatic carbocycles. The lowest BCUT2D eigenvalue weighted by Crippen LogP contribution is -2.07. The summed E-state index contributed by atoms with van der Waals surface area (Å²) in [5, 5.41) is 7.06. The van der Waals surface area contributed by atoms with Crippen LogP contribution in [0, 0.1) is 0 Å². The summed E-state index contributed by atoms with van der Waals surface area (Å²) in [6.45, 7) is 0. The molecule has 238 valence electrons. The molecule has 0 fully saturated rings. The van der Waals surface area contributed by atoms with Crippen molar-refractivity contribution in [3.8, 4) is 34.4 Å². The van der Waals surface area contributed by atoms with Gasteiger partial charge in [0.15, 0.2) is 11.6 Å². The predicted molar refractivity (Wildman–Crippen MR) is 210 cm³/mol. The first kappa shape index (κ1) is 28.2. The third kappa shape index (κ3) is 4.16. The average molecular weight is 671 g/mol. The van der Waals surface area contributed by atoms with Gasteiger partial charge in [0.2, 0.25) is 5.95 Å². The zero-order valence-corrected chi connectivity index (χ0v) is 27.9. The second kappa shape index (κ2) is 10.9. The lowest BCUT2D eigenvalue weighted by Gasteiger charge is -2.15. The lowest BCUT2D eigenvalue weighted by atomic mass is 10.1.